The number of aryl methyl sites for hydroxylation is 1. The number of carboxylic acids is 2. The molecule has 0 bridgehead atoms. The maximum Gasteiger partial charge on any atom is 0.355 e. The molecule has 0 aliphatic heterocycles. The van der Waals surface area contributed by atoms with E-state index in [-0.39, 0.29) is 5.56 Å². The molecule has 1 aromatic heterocycles. The van der Waals surface area contributed by atoms with Crippen LogP contribution in [0.25, 0.3) is 0 Å². The van der Waals surface area contributed by atoms with Crippen molar-refractivity contribution in [2.24, 2.45) is 0 Å². The van der Waals surface area contributed by atoms with Gasteiger partial charge in [0, 0.05) is 6.20 Å². The Kier molecular flexibility index (Phi) is 25.0. The third-order valence-corrected chi connectivity index (χ3v) is 7.27. The summed E-state index contributed by atoms with van der Waals surface area (Å²) in [7, 11) is 0. The summed E-state index contributed by atoms with van der Waals surface area (Å²) in [4.78, 5) is 27.7. The van der Waals surface area contributed by atoms with E-state index in [9.17, 15) is 9.59 Å². The number of unbranched alkanes of at least 4 members (excludes halogenated alkanes) is 15. The van der Waals surface area contributed by atoms with Crippen LogP contribution in [0.3, 0.4) is 0 Å². The second-order valence-electron chi connectivity index (χ2n) is 10.8. The molecular weight excluding hydrogens is 488 g/mol. The van der Waals surface area contributed by atoms with Crippen molar-refractivity contribution in [2.75, 3.05) is 19.6 Å². The smallest absolute Gasteiger partial charge is 0.355 e. The fourth-order valence-corrected chi connectivity index (χ4v) is 4.72. The first kappa shape index (κ1) is 37.0. The third kappa shape index (κ3) is 20.6. The maximum atomic E-state index is 10.7. The van der Waals surface area contributed by atoms with Crippen molar-refractivity contribution < 1.29 is 19.8 Å². The molecular formula is C33H60N2O4. The second kappa shape index (κ2) is 26.3. The fourth-order valence-electron chi connectivity index (χ4n) is 4.72. The zero-order valence-electron chi connectivity index (χ0n) is 25.8. The van der Waals surface area contributed by atoms with Crippen LogP contribution in [0.15, 0.2) is 12.3 Å². The highest BCUT2D eigenvalue weighted by atomic mass is 16.4. The highest BCUT2D eigenvalue weighted by Gasteiger charge is 2.17. The lowest BCUT2D eigenvalue weighted by atomic mass is 10.1. The number of carbonyl (C=O) groups is 2. The van der Waals surface area contributed by atoms with E-state index < -0.39 is 17.6 Å². The number of rotatable bonds is 24. The fraction of sp³-hybridized carbons (Fsp3) is 0.788. The van der Waals surface area contributed by atoms with Gasteiger partial charge in [0.25, 0.3) is 0 Å². The molecule has 0 aliphatic rings. The van der Waals surface area contributed by atoms with Crippen LogP contribution < -0.4 is 0 Å². The minimum atomic E-state index is -1.33. The van der Waals surface area contributed by atoms with Crippen molar-refractivity contribution in [1.82, 2.24) is 9.88 Å². The molecule has 39 heavy (non-hydrogen) atoms. The van der Waals surface area contributed by atoms with Crippen LogP contribution in [-0.2, 0) is 6.42 Å². The summed E-state index contributed by atoms with van der Waals surface area (Å²) in [5.41, 5.74) is 0.0129. The summed E-state index contributed by atoms with van der Waals surface area (Å²) in [6.45, 7) is 12.8. The van der Waals surface area contributed by atoms with E-state index in [4.69, 9.17) is 10.2 Å². The van der Waals surface area contributed by atoms with Crippen molar-refractivity contribution in [3.8, 4) is 0 Å². The standard InChI is InChI=1S/C24H51N.C9H9NO4/c1-4-7-10-13-16-19-22-25(23-20-17-14-11-8-5-2)24-21-18-15-12-9-6-3;1-2-5-3-6(8(11)12)7(9(13)14)10-4-5/h4-24H2,1-3H3;3-4H,2H2,1H3,(H,11,12)(H,13,14). The molecule has 1 heterocycles. The number of nitrogens with zero attached hydrogens (tertiary/aromatic N) is 2. The summed E-state index contributed by atoms with van der Waals surface area (Å²) in [5, 5.41) is 17.4. The number of carboxylic acid groups (broad SMARTS) is 2. The molecule has 0 saturated carbocycles. The van der Waals surface area contributed by atoms with Crippen LogP contribution in [0.5, 0.6) is 0 Å². The van der Waals surface area contributed by atoms with E-state index in [1.165, 1.54) is 147 Å². The molecule has 0 unspecified atom stereocenters. The zero-order valence-corrected chi connectivity index (χ0v) is 25.8. The van der Waals surface area contributed by atoms with Crippen LogP contribution in [-0.4, -0.2) is 51.7 Å². The molecule has 1 rings (SSSR count). The molecule has 6 nitrogen and oxygen atoms in total. The first-order valence-corrected chi connectivity index (χ1v) is 16.1. The molecule has 0 saturated heterocycles. The molecule has 2 N–H and O–H groups in total. The molecule has 0 aliphatic carbocycles. The Hall–Kier alpha value is -1.95. The van der Waals surface area contributed by atoms with Crippen molar-refractivity contribution in [1.29, 1.82) is 0 Å². The van der Waals surface area contributed by atoms with Crippen molar-refractivity contribution in [3.05, 3.63) is 29.1 Å². The zero-order chi connectivity index (χ0) is 29.1. The quantitative estimate of drug-likeness (QED) is 0.125. The van der Waals surface area contributed by atoms with Gasteiger partial charge in [-0.05, 0) is 56.9 Å². The molecule has 0 amide bonds. The summed E-state index contributed by atoms with van der Waals surface area (Å²) in [5.74, 6) is -2.60. The van der Waals surface area contributed by atoms with Crippen LogP contribution in [0.2, 0.25) is 0 Å². The monoisotopic (exact) mass is 548 g/mol. The minimum absolute atomic E-state index is 0.267. The highest BCUT2D eigenvalue weighted by Crippen LogP contribution is 2.12. The number of pyridine rings is 1. The SMILES string of the molecule is CCCCCCCCN(CCCCCCCC)CCCCCCCC.CCc1cnc(C(=O)O)c(C(=O)O)c1. The molecule has 0 aromatic carbocycles. The van der Waals surface area contributed by atoms with Crippen LogP contribution in [0.4, 0.5) is 0 Å². The molecule has 1 aromatic rings. The minimum Gasteiger partial charge on any atom is -0.478 e. The molecule has 0 fully saturated rings. The van der Waals surface area contributed by atoms with Gasteiger partial charge in [0.05, 0.1) is 5.56 Å². The largest absolute Gasteiger partial charge is 0.478 e. The Morgan fingerprint density at radius 2 is 1.00 bits per heavy atom. The van der Waals surface area contributed by atoms with E-state index >= 15 is 0 Å². The average Bonchev–Trinajstić information content (AvgIpc) is 2.93. The maximum absolute atomic E-state index is 10.7. The van der Waals surface area contributed by atoms with Gasteiger partial charge in [-0.25, -0.2) is 14.6 Å². The summed E-state index contributed by atoms with van der Waals surface area (Å²) in [6, 6.07) is 1.33. The lowest BCUT2D eigenvalue weighted by Crippen LogP contribution is -2.27. The number of hydrogen-bond acceptors (Lipinski definition) is 4. The van der Waals surface area contributed by atoms with Gasteiger partial charge in [-0.15, -0.1) is 0 Å². The molecule has 0 radical (unpaired) electrons. The van der Waals surface area contributed by atoms with Gasteiger partial charge in [-0.3, -0.25) is 0 Å². The van der Waals surface area contributed by atoms with Crippen LogP contribution in [0.1, 0.15) is 170 Å². The second-order valence-corrected chi connectivity index (χ2v) is 10.8. The Balaban J connectivity index is 0.000000864. The number of hydrogen-bond donors (Lipinski definition) is 2. The Labute approximate surface area is 240 Å². The van der Waals surface area contributed by atoms with E-state index in [1.807, 2.05) is 6.92 Å². The van der Waals surface area contributed by atoms with Crippen molar-refractivity contribution >= 4 is 11.9 Å². The third-order valence-electron chi connectivity index (χ3n) is 7.27. The molecule has 6 heteroatoms. The molecule has 0 atom stereocenters. The van der Waals surface area contributed by atoms with Gasteiger partial charge >= 0.3 is 11.9 Å². The van der Waals surface area contributed by atoms with Gasteiger partial charge in [-0.2, -0.15) is 0 Å². The Bertz CT molecular complexity index is 700. The van der Waals surface area contributed by atoms with Crippen LogP contribution >= 0.6 is 0 Å². The van der Waals surface area contributed by atoms with Crippen molar-refractivity contribution in [3.63, 3.8) is 0 Å². The Morgan fingerprint density at radius 1 is 0.615 bits per heavy atom. The van der Waals surface area contributed by atoms with Gasteiger partial charge < -0.3 is 15.1 Å². The van der Waals surface area contributed by atoms with Gasteiger partial charge in [0.2, 0.25) is 0 Å². The van der Waals surface area contributed by atoms with Crippen LogP contribution in [0, 0.1) is 0 Å². The predicted molar refractivity (Wildman–Crippen MR) is 164 cm³/mol. The van der Waals surface area contributed by atoms with Gasteiger partial charge in [0.1, 0.15) is 0 Å². The first-order chi connectivity index (χ1) is 18.9. The van der Waals surface area contributed by atoms with Crippen molar-refractivity contribution in [2.45, 2.75) is 150 Å². The van der Waals surface area contributed by atoms with E-state index in [0.717, 1.165) is 0 Å². The lowest BCUT2D eigenvalue weighted by molar-refractivity contribution is 0.0646. The Morgan fingerprint density at radius 3 is 1.33 bits per heavy atom. The predicted octanol–water partition coefficient (Wildman–Crippen LogP) is 9.41. The summed E-state index contributed by atoms with van der Waals surface area (Å²) >= 11 is 0. The topological polar surface area (TPSA) is 90.7 Å². The van der Waals surface area contributed by atoms with E-state index in [0.29, 0.717) is 12.0 Å². The first-order valence-electron chi connectivity index (χ1n) is 16.1. The molecule has 0 spiro atoms. The average molecular weight is 549 g/mol. The summed E-state index contributed by atoms with van der Waals surface area (Å²) < 4.78 is 0. The lowest BCUT2D eigenvalue weighted by Gasteiger charge is -2.22. The normalized spacial score (nSPS) is 10.9. The molecule has 226 valence electrons. The van der Waals surface area contributed by atoms with E-state index in [1.54, 1.807) is 0 Å². The number of aromatic carboxylic acids is 2. The van der Waals surface area contributed by atoms with E-state index in [2.05, 4.69) is 30.7 Å². The highest BCUT2D eigenvalue weighted by molar-refractivity contribution is 6.00. The van der Waals surface area contributed by atoms with Gasteiger partial charge in [0.15, 0.2) is 5.69 Å². The van der Waals surface area contributed by atoms with Gasteiger partial charge in [-0.1, -0.05) is 124 Å². The summed E-state index contributed by atoms with van der Waals surface area (Å²) in [6.07, 6.45) is 27.7. The number of aromatic nitrogens is 1.